The molecule has 4 aliphatic heterocycles. The van der Waals surface area contributed by atoms with Crippen molar-refractivity contribution < 1.29 is 14.3 Å². The first-order valence-corrected chi connectivity index (χ1v) is 19.1. The third kappa shape index (κ3) is 5.79. The van der Waals surface area contributed by atoms with Gasteiger partial charge in [0.1, 0.15) is 17.7 Å². The molecule has 2 unspecified atom stereocenters. The number of imidazole rings is 2. The van der Waals surface area contributed by atoms with E-state index in [1.54, 1.807) is 0 Å². The van der Waals surface area contributed by atoms with Crippen LogP contribution in [0.2, 0.25) is 0 Å². The van der Waals surface area contributed by atoms with E-state index in [0.29, 0.717) is 24.7 Å². The molecule has 3 aromatic heterocycles. The number of rotatable bonds is 8. The summed E-state index contributed by atoms with van der Waals surface area (Å²) in [7, 11) is 3.57. The topological polar surface area (TPSA) is 144 Å². The number of H-pyrrole nitrogens is 2. The summed E-state index contributed by atoms with van der Waals surface area (Å²) >= 11 is 0. The highest BCUT2D eigenvalue weighted by atomic mass is 16.5. The molecule has 53 heavy (non-hydrogen) atoms. The molecule has 5 aromatic rings. The molecule has 0 saturated carbocycles. The van der Waals surface area contributed by atoms with E-state index in [1.807, 2.05) is 31.1 Å². The molecule has 2 amide bonds. The number of benzene rings is 2. The molecule has 7 heterocycles. The Balaban J connectivity index is 0.984. The van der Waals surface area contributed by atoms with Crippen LogP contribution in [0.4, 0.5) is 4.79 Å². The number of nitrogens with one attached hydrogen (secondary N) is 4. The fourth-order valence-electron chi connectivity index (χ4n) is 9.30. The van der Waals surface area contributed by atoms with Gasteiger partial charge in [0.15, 0.2) is 0 Å². The number of aromatic nitrogens is 5. The maximum Gasteiger partial charge on any atom is 0.407 e. The van der Waals surface area contributed by atoms with Crippen LogP contribution >= 0.6 is 0 Å². The fourth-order valence-corrected chi connectivity index (χ4v) is 9.30. The smallest absolute Gasteiger partial charge is 0.407 e. The zero-order valence-corrected chi connectivity index (χ0v) is 30.8. The van der Waals surface area contributed by atoms with Crippen LogP contribution in [-0.2, 0) is 9.53 Å². The summed E-state index contributed by atoms with van der Waals surface area (Å²) in [5.74, 6) is 1.56. The summed E-state index contributed by atoms with van der Waals surface area (Å²) in [6.45, 7) is 5.49. The second-order valence-electron chi connectivity index (χ2n) is 15.4. The molecule has 4 aliphatic rings. The Morgan fingerprint density at radius 2 is 1.66 bits per heavy atom. The van der Waals surface area contributed by atoms with Gasteiger partial charge in [-0.25, -0.2) is 14.8 Å². The van der Waals surface area contributed by atoms with Crippen LogP contribution in [-0.4, -0.2) is 80.0 Å². The van der Waals surface area contributed by atoms with Crippen LogP contribution in [0.25, 0.3) is 44.7 Å². The maximum absolute atomic E-state index is 13.6. The van der Waals surface area contributed by atoms with E-state index in [-0.39, 0.29) is 17.9 Å². The van der Waals surface area contributed by atoms with E-state index < -0.39 is 12.1 Å². The Bertz CT molecular complexity index is 2180. The highest BCUT2D eigenvalue weighted by Crippen LogP contribution is 2.57. The summed E-state index contributed by atoms with van der Waals surface area (Å²) in [5, 5.41) is 6.28. The van der Waals surface area contributed by atoms with Crippen molar-refractivity contribution in [1.29, 1.82) is 0 Å². The van der Waals surface area contributed by atoms with Gasteiger partial charge in [0.25, 0.3) is 0 Å². The lowest BCUT2D eigenvalue weighted by Crippen LogP contribution is -2.51. The maximum atomic E-state index is 13.6. The Morgan fingerprint density at radius 3 is 2.40 bits per heavy atom. The van der Waals surface area contributed by atoms with Crippen LogP contribution < -0.4 is 10.6 Å². The summed E-state index contributed by atoms with van der Waals surface area (Å²) in [4.78, 5) is 51.7. The standard InChI is InChI=1S/C41H47N9O3/c1-22(2)37(48-41(52)53-4)40(51)50-18-6-8-34(50)39-44-21-31(47-39)24-10-13-27(43-20-24)26-12-11-25(35-32-15-16-33(36(26)35)49(32)3)23-9-14-28-30(19-23)46-38(45-28)29-7-5-17-42-29/h9-14,19-22,29,32-34,37,42H,5-8,15-18H2,1-4H3,(H,44,47)(H,45,46)(H,48,52)/t29-,32?,33?,34-,37-/m0/s1. The van der Waals surface area contributed by atoms with Crippen molar-refractivity contribution in [3.63, 3.8) is 0 Å². The minimum Gasteiger partial charge on any atom is -0.453 e. The highest BCUT2D eigenvalue weighted by molar-refractivity contribution is 5.87. The average Bonchev–Trinajstić information content (AvgIpc) is 4.03. The lowest BCUT2D eigenvalue weighted by molar-refractivity contribution is -0.135. The summed E-state index contributed by atoms with van der Waals surface area (Å²) in [6, 6.07) is 15.6. The van der Waals surface area contributed by atoms with Crippen molar-refractivity contribution in [2.75, 3.05) is 27.2 Å². The lowest BCUT2D eigenvalue weighted by Gasteiger charge is -2.30. The van der Waals surface area contributed by atoms with Crippen molar-refractivity contribution in [2.24, 2.45) is 5.92 Å². The van der Waals surface area contributed by atoms with Crippen molar-refractivity contribution in [3.8, 4) is 33.6 Å². The molecule has 274 valence electrons. The third-order valence-electron chi connectivity index (χ3n) is 12.0. The van der Waals surface area contributed by atoms with Crippen molar-refractivity contribution in [2.45, 2.75) is 82.6 Å². The molecule has 2 aromatic carbocycles. The van der Waals surface area contributed by atoms with E-state index in [0.717, 1.165) is 78.3 Å². The van der Waals surface area contributed by atoms with Gasteiger partial charge in [-0.3, -0.25) is 14.7 Å². The second-order valence-corrected chi connectivity index (χ2v) is 15.4. The number of ether oxygens (including phenoxy) is 1. The number of aromatic amines is 2. The van der Waals surface area contributed by atoms with Crippen molar-refractivity contribution in [3.05, 3.63) is 77.6 Å². The summed E-state index contributed by atoms with van der Waals surface area (Å²) < 4.78 is 4.78. The molecule has 5 atom stereocenters. The number of likely N-dealkylation sites (tertiary alicyclic amines) is 1. The van der Waals surface area contributed by atoms with Crippen LogP contribution in [0, 0.1) is 5.92 Å². The first-order valence-electron chi connectivity index (χ1n) is 19.1. The highest BCUT2D eigenvalue weighted by Gasteiger charge is 2.45. The quantitative estimate of drug-likeness (QED) is 0.135. The molecule has 0 radical (unpaired) electrons. The summed E-state index contributed by atoms with van der Waals surface area (Å²) in [5.41, 5.74) is 11.4. The number of hydrogen-bond donors (Lipinski definition) is 4. The number of alkyl carbamates (subject to hydrolysis) is 1. The minimum atomic E-state index is -0.674. The van der Waals surface area contributed by atoms with Crippen LogP contribution in [0.5, 0.6) is 0 Å². The predicted octanol–water partition coefficient (Wildman–Crippen LogP) is 6.97. The largest absolute Gasteiger partial charge is 0.453 e. The first kappa shape index (κ1) is 33.7. The Labute approximate surface area is 309 Å². The SMILES string of the molecule is COC(=O)N[C@H](C(=O)N1CCC[C@H]1c1ncc(-c2ccc(-c3ccc(-c4ccc5nc([C@@H]6CCCN6)[nH]c5c4)c4c3C3CCC4N3C)nc2)[nH]1)C(C)C. The predicted molar refractivity (Wildman–Crippen MR) is 203 cm³/mol. The van der Waals surface area contributed by atoms with Gasteiger partial charge in [0, 0.05) is 36.0 Å². The number of methoxy groups -OCH3 is 1. The first-order chi connectivity index (χ1) is 25.8. The van der Waals surface area contributed by atoms with Crippen molar-refractivity contribution >= 4 is 23.0 Å². The Hall–Kier alpha value is -5.07. The Kier molecular flexibility index (Phi) is 8.54. The molecule has 0 aliphatic carbocycles. The van der Waals surface area contributed by atoms with E-state index >= 15 is 0 Å². The second kappa shape index (κ2) is 13.4. The van der Waals surface area contributed by atoms with E-state index in [4.69, 9.17) is 19.7 Å². The molecular formula is C41H47N9O3. The average molecular weight is 714 g/mol. The van der Waals surface area contributed by atoms with Gasteiger partial charge >= 0.3 is 6.09 Å². The molecule has 0 spiro atoms. The number of amides is 2. The lowest BCUT2D eigenvalue weighted by atomic mass is 9.82. The molecule has 2 bridgehead atoms. The van der Waals surface area contributed by atoms with E-state index in [1.165, 1.54) is 41.3 Å². The number of hydrogen-bond acceptors (Lipinski definition) is 8. The number of fused-ring (bicyclic) bond motifs is 6. The van der Waals surface area contributed by atoms with E-state index in [9.17, 15) is 9.59 Å². The number of nitrogens with zero attached hydrogens (tertiary/aromatic N) is 5. The zero-order valence-electron chi connectivity index (χ0n) is 30.8. The molecule has 12 nitrogen and oxygen atoms in total. The monoisotopic (exact) mass is 713 g/mol. The molecule has 12 heteroatoms. The molecular weight excluding hydrogens is 667 g/mol. The zero-order chi connectivity index (χ0) is 36.4. The molecule has 4 N–H and O–H groups in total. The van der Waals surface area contributed by atoms with Crippen LogP contribution in [0.1, 0.15) is 99.3 Å². The van der Waals surface area contributed by atoms with Gasteiger partial charge in [0.2, 0.25) is 5.91 Å². The van der Waals surface area contributed by atoms with Gasteiger partial charge < -0.3 is 30.2 Å². The minimum absolute atomic E-state index is 0.0912. The summed E-state index contributed by atoms with van der Waals surface area (Å²) in [6.07, 6.45) is 9.40. The third-order valence-corrected chi connectivity index (χ3v) is 12.0. The molecule has 3 fully saturated rings. The van der Waals surface area contributed by atoms with Gasteiger partial charge in [0.05, 0.1) is 47.8 Å². The molecule has 3 saturated heterocycles. The van der Waals surface area contributed by atoms with E-state index in [2.05, 4.69) is 75.0 Å². The van der Waals surface area contributed by atoms with Gasteiger partial charge in [-0.1, -0.05) is 32.0 Å². The molecule has 9 rings (SSSR count). The number of carbonyl (C=O) groups excluding carboxylic acids is 2. The fraction of sp³-hybridized carbons (Fsp3) is 0.439. The normalized spacial score (nSPS) is 22.9. The van der Waals surface area contributed by atoms with Gasteiger partial charge in [-0.05, 0) is 105 Å². The Morgan fingerprint density at radius 1 is 0.868 bits per heavy atom. The van der Waals surface area contributed by atoms with Crippen LogP contribution in [0.15, 0.2) is 54.9 Å². The van der Waals surface area contributed by atoms with Gasteiger partial charge in [-0.15, -0.1) is 0 Å². The van der Waals surface area contributed by atoms with Crippen molar-refractivity contribution in [1.82, 2.24) is 45.4 Å². The van der Waals surface area contributed by atoms with Gasteiger partial charge in [-0.2, -0.15) is 0 Å². The van der Waals surface area contributed by atoms with Crippen LogP contribution in [0.3, 0.4) is 0 Å². The number of pyridine rings is 1. The number of carbonyl (C=O) groups is 2.